The van der Waals surface area contributed by atoms with Crippen molar-refractivity contribution in [1.29, 1.82) is 0 Å². The molecule has 0 spiro atoms. The van der Waals surface area contributed by atoms with Gasteiger partial charge in [0, 0.05) is 5.56 Å². The fraction of sp³-hybridized carbons (Fsp3) is 0.222. The van der Waals surface area contributed by atoms with Crippen LogP contribution in [0.3, 0.4) is 0 Å². The van der Waals surface area contributed by atoms with Gasteiger partial charge in [0.1, 0.15) is 11.3 Å². The summed E-state index contributed by atoms with van der Waals surface area (Å²) in [5.74, 6) is -1.27. The zero-order valence-electron chi connectivity index (χ0n) is 12.8. The molecule has 2 aromatic rings. The van der Waals surface area contributed by atoms with Crippen LogP contribution in [0.4, 0.5) is 0 Å². The molecule has 2 rings (SSSR count). The van der Waals surface area contributed by atoms with E-state index in [9.17, 15) is 14.7 Å². The second-order valence-corrected chi connectivity index (χ2v) is 6.60. The SMILES string of the molecule is CC(C)C(OC(=O)c1cccc(I)c1O)C(=O)c1ccccc1. The van der Waals surface area contributed by atoms with E-state index in [4.69, 9.17) is 4.74 Å². The summed E-state index contributed by atoms with van der Waals surface area (Å²) in [7, 11) is 0. The van der Waals surface area contributed by atoms with Crippen LogP contribution in [0.25, 0.3) is 0 Å². The summed E-state index contributed by atoms with van der Waals surface area (Å²) in [5.41, 5.74) is 0.550. The van der Waals surface area contributed by atoms with Crippen molar-refractivity contribution >= 4 is 34.3 Å². The lowest BCUT2D eigenvalue weighted by Crippen LogP contribution is -2.32. The summed E-state index contributed by atoms with van der Waals surface area (Å²) in [6, 6.07) is 13.5. The summed E-state index contributed by atoms with van der Waals surface area (Å²) >= 11 is 1.93. The average Bonchev–Trinajstić information content (AvgIpc) is 2.55. The number of ether oxygens (including phenoxy) is 1. The molecule has 0 aromatic heterocycles. The topological polar surface area (TPSA) is 63.6 Å². The van der Waals surface area contributed by atoms with Crippen molar-refractivity contribution in [2.24, 2.45) is 5.92 Å². The lowest BCUT2D eigenvalue weighted by atomic mass is 9.97. The van der Waals surface area contributed by atoms with E-state index in [0.717, 1.165) is 0 Å². The van der Waals surface area contributed by atoms with Crippen molar-refractivity contribution in [3.8, 4) is 5.75 Å². The molecule has 2 aromatic carbocycles. The van der Waals surface area contributed by atoms with E-state index in [2.05, 4.69) is 0 Å². The first-order valence-corrected chi connectivity index (χ1v) is 8.27. The first-order chi connectivity index (χ1) is 10.9. The molecule has 0 heterocycles. The summed E-state index contributed by atoms with van der Waals surface area (Å²) < 4.78 is 5.95. The molecule has 0 saturated carbocycles. The van der Waals surface area contributed by atoms with E-state index in [1.165, 1.54) is 6.07 Å². The summed E-state index contributed by atoms with van der Waals surface area (Å²) in [6.07, 6.45) is -0.901. The molecule has 0 saturated heterocycles. The first-order valence-electron chi connectivity index (χ1n) is 7.19. The Kier molecular flexibility index (Phi) is 5.76. The van der Waals surface area contributed by atoms with Crippen LogP contribution in [0.15, 0.2) is 48.5 Å². The predicted octanol–water partition coefficient (Wildman–Crippen LogP) is 4.06. The van der Waals surface area contributed by atoms with Gasteiger partial charge in [0.15, 0.2) is 6.10 Å². The minimum absolute atomic E-state index is 0.0587. The Labute approximate surface area is 148 Å². The van der Waals surface area contributed by atoms with Crippen LogP contribution in [0, 0.1) is 9.49 Å². The highest BCUT2D eigenvalue weighted by molar-refractivity contribution is 14.1. The molecular formula is C18H17IO4. The van der Waals surface area contributed by atoms with Crippen LogP contribution in [0.2, 0.25) is 0 Å². The number of benzene rings is 2. The second kappa shape index (κ2) is 7.59. The molecule has 0 fully saturated rings. The number of hydrogen-bond donors (Lipinski definition) is 1. The molecule has 1 atom stereocenters. The molecular weight excluding hydrogens is 407 g/mol. The highest BCUT2D eigenvalue weighted by Gasteiger charge is 2.29. The molecule has 1 unspecified atom stereocenters. The largest absolute Gasteiger partial charge is 0.506 e. The normalized spacial score (nSPS) is 12.0. The minimum Gasteiger partial charge on any atom is -0.506 e. The zero-order valence-corrected chi connectivity index (χ0v) is 15.0. The van der Waals surface area contributed by atoms with Gasteiger partial charge in [0.25, 0.3) is 0 Å². The number of phenolic OH excluding ortho intramolecular Hbond substituents is 1. The van der Waals surface area contributed by atoms with Gasteiger partial charge in [-0.15, -0.1) is 0 Å². The van der Waals surface area contributed by atoms with Gasteiger partial charge in [-0.25, -0.2) is 4.79 Å². The molecule has 5 heteroatoms. The van der Waals surface area contributed by atoms with Gasteiger partial charge in [-0.3, -0.25) is 4.79 Å². The van der Waals surface area contributed by atoms with Gasteiger partial charge in [-0.1, -0.05) is 50.2 Å². The quantitative estimate of drug-likeness (QED) is 0.447. The highest BCUT2D eigenvalue weighted by Crippen LogP contribution is 2.26. The Morgan fingerprint density at radius 2 is 1.70 bits per heavy atom. The van der Waals surface area contributed by atoms with Crippen LogP contribution in [0.1, 0.15) is 34.6 Å². The molecule has 0 bridgehead atoms. The standard InChI is InChI=1S/C18H17IO4/c1-11(2)17(15(20)12-7-4-3-5-8-12)23-18(22)13-9-6-10-14(19)16(13)21/h3-11,17,21H,1-2H3. The summed E-state index contributed by atoms with van der Waals surface area (Å²) in [5, 5.41) is 9.98. The maximum absolute atomic E-state index is 12.6. The predicted molar refractivity (Wildman–Crippen MR) is 95.6 cm³/mol. The van der Waals surface area contributed by atoms with Crippen molar-refractivity contribution in [3.05, 3.63) is 63.2 Å². The maximum Gasteiger partial charge on any atom is 0.342 e. The third-order valence-electron chi connectivity index (χ3n) is 3.36. The van der Waals surface area contributed by atoms with E-state index in [0.29, 0.717) is 9.13 Å². The molecule has 4 nitrogen and oxygen atoms in total. The Morgan fingerprint density at radius 1 is 1.04 bits per heavy atom. The second-order valence-electron chi connectivity index (χ2n) is 5.44. The zero-order chi connectivity index (χ0) is 17.0. The third kappa shape index (κ3) is 4.10. The number of rotatable bonds is 5. The number of carbonyl (C=O) groups is 2. The number of phenols is 1. The van der Waals surface area contributed by atoms with E-state index < -0.39 is 12.1 Å². The van der Waals surface area contributed by atoms with Crippen molar-refractivity contribution in [2.75, 3.05) is 0 Å². The van der Waals surface area contributed by atoms with E-state index >= 15 is 0 Å². The number of halogens is 1. The molecule has 0 radical (unpaired) electrons. The third-order valence-corrected chi connectivity index (χ3v) is 4.23. The van der Waals surface area contributed by atoms with Gasteiger partial charge in [0.2, 0.25) is 5.78 Å². The van der Waals surface area contributed by atoms with Gasteiger partial charge in [0.05, 0.1) is 3.57 Å². The summed E-state index contributed by atoms with van der Waals surface area (Å²) in [6.45, 7) is 3.63. The van der Waals surface area contributed by atoms with Crippen molar-refractivity contribution in [3.63, 3.8) is 0 Å². The van der Waals surface area contributed by atoms with Gasteiger partial charge >= 0.3 is 5.97 Å². The lowest BCUT2D eigenvalue weighted by Gasteiger charge is -2.20. The van der Waals surface area contributed by atoms with Crippen molar-refractivity contribution in [1.82, 2.24) is 0 Å². The number of aromatic hydroxyl groups is 1. The summed E-state index contributed by atoms with van der Waals surface area (Å²) in [4.78, 5) is 24.9. The fourth-order valence-corrected chi connectivity index (χ4v) is 2.62. The monoisotopic (exact) mass is 424 g/mol. The van der Waals surface area contributed by atoms with Crippen LogP contribution >= 0.6 is 22.6 Å². The molecule has 0 amide bonds. The van der Waals surface area contributed by atoms with Gasteiger partial charge < -0.3 is 9.84 Å². The molecule has 0 aliphatic rings. The van der Waals surface area contributed by atoms with E-state index in [1.807, 2.05) is 42.5 Å². The Bertz CT molecular complexity index is 710. The lowest BCUT2D eigenvalue weighted by molar-refractivity contribution is 0.0185. The average molecular weight is 424 g/mol. The van der Waals surface area contributed by atoms with Crippen molar-refractivity contribution in [2.45, 2.75) is 20.0 Å². The van der Waals surface area contributed by atoms with Gasteiger partial charge in [-0.2, -0.15) is 0 Å². The molecule has 0 aliphatic carbocycles. The molecule has 0 aliphatic heterocycles. The number of Topliss-reactive ketones (excluding diaryl/α,β-unsaturated/α-hetero) is 1. The maximum atomic E-state index is 12.6. The van der Waals surface area contributed by atoms with E-state index in [-0.39, 0.29) is 23.0 Å². The first kappa shape index (κ1) is 17.5. The van der Waals surface area contributed by atoms with Gasteiger partial charge in [-0.05, 0) is 40.6 Å². The minimum atomic E-state index is -0.901. The molecule has 1 N–H and O–H groups in total. The van der Waals surface area contributed by atoms with Crippen molar-refractivity contribution < 1.29 is 19.4 Å². The number of esters is 1. The number of carbonyl (C=O) groups excluding carboxylic acids is 2. The van der Waals surface area contributed by atoms with Crippen LogP contribution in [0.5, 0.6) is 5.75 Å². The fourth-order valence-electron chi connectivity index (χ4n) is 2.12. The Balaban J connectivity index is 2.25. The Hall–Kier alpha value is -1.89. The van der Waals surface area contributed by atoms with Crippen LogP contribution < -0.4 is 0 Å². The number of para-hydroxylation sites is 1. The molecule has 23 heavy (non-hydrogen) atoms. The molecule has 120 valence electrons. The number of ketones is 1. The smallest absolute Gasteiger partial charge is 0.342 e. The Morgan fingerprint density at radius 3 is 2.30 bits per heavy atom. The van der Waals surface area contributed by atoms with Crippen LogP contribution in [-0.2, 0) is 4.74 Å². The van der Waals surface area contributed by atoms with E-state index in [1.54, 1.807) is 36.4 Å². The number of hydrogen-bond acceptors (Lipinski definition) is 4. The highest BCUT2D eigenvalue weighted by atomic mass is 127. The van der Waals surface area contributed by atoms with Crippen LogP contribution in [-0.4, -0.2) is 23.0 Å².